The van der Waals surface area contributed by atoms with Crippen molar-refractivity contribution < 1.29 is 4.79 Å². The van der Waals surface area contributed by atoms with Gasteiger partial charge in [0.2, 0.25) is 0 Å². The summed E-state index contributed by atoms with van der Waals surface area (Å²) in [6.45, 7) is 7.78. The highest BCUT2D eigenvalue weighted by atomic mass is 16.1. The lowest BCUT2D eigenvalue weighted by Crippen LogP contribution is -2.10. The van der Waals surface area contributed by atoms with Crippen molar-refractivity contribution in [3.8, 4) is 0 Å². The van der Waals surface area contributed by atoms with Crippen LogP contribution in [-0.2, 0) is 4.79 Å². The van der Waals surface area contributed by atoms with E-state index in [1.807, 2.05) is 13.8 Å². The number of rotatable bonds is 4. The predicted molar refractivity (Wildman–Crippen MR) is 66.9 cm³/mol. The van der Waals surface area contributed by atoms with Crippen LogP contribution in [0.4, 0.5) is 0 Å². The Balaban J connectivity index is 0.000000921. The van der Waals surface area contributed by atoms with Gasteiger partial charge in [0.05, 0.1) is 0 Å². The molecule has 0 radical (unpaired) electrons. The third kappa shape index (κ3) is 5.56. The third-order valence-corrected chi connectivity index (χ3v) is 2.62. The summed E-state index contributed by atoms with van der Waals surface area (Å²) in [6.07, 6.45) is 10.8. The van der Waals surface area contributed by atoms with Crippen molar-refractivity contribution in [2.45, 2.75) is 53.4 Å². The van der Waals surface area contributed by atoms with E-state index in [0.29, 0.717) is 5.78 Å². The Bertz CT molecular complexity index is 236. The number of carbonyl (C=O) groups excluding carboxylic acids is 1. The first-order chi connectivity index (χ1) is 7.24. The lowest BCUT2D eigenvalue weighted by Gasteiger charge is -2.13. The van der Waals surface area contributed by atoms with Gasteiger partial charge in [-0.2, -0.15) is 0 Å². The van der Waals surface area contributed by atoms with Gasteiger partial charge in [-0.15, -0.1) is 0 Å². The van der Waals surface area contributed by atoms with E-state index in [1.54, 1.807) is 6.92 Å². The first-order valence-corrected chi connectivity index (χ1v) is 6.10. The topological polar surface area (TPSA) is 17.1 Å². The minimum absolute atomic E-state index is 0.231. The van der Waals surface area contributed by atoms with Crippen molar-refractivity contribution in [3.05, 3.63) is 23.8 Å². The molecule has 1 heteroatoms. The molecule has 0 bridgehead atoms. The van der Waals surface area contributed by atoms with Gasteiger partial charge in [0.15, 0.2) is 0 Å². The highest BCUT2D eigenvalue weighted by molar-refractivity contribution is 5.78. The van der Waals surface area contributed by atoms with Gasteiger partial charge in [0, 0.05) is 5.92 Å². The van der Waals surface area contributed by atoms with E-state index in [-0.39, 0.29) is 5.92 Å². The van der Waals surface area contributed by atoms with Crippen LogP contribution in [-0.4, -0.2) is 5.78 Å². The van der Waals surface area contributed by atoms with Gasteiger partial charge in [-0.05, 0) is 32.6 Å². The quantitative estimate of drug-likeness (QED) is 0.673. The molecule has 0 aromatic carbocycles. The van der Waals surface area contributed by atoms with Crippen molar-refractivity contribution >= 4 is 5.78 Å². The number of hydrogen-bond acceptors (Lipinski definition) is 1. The van der Waals surface area contributed by atoms with Crippen molar-refractivity contribution in [3.63, 3.8) is 0 Å². The monoisotopic (exact) mass is 208 g/mol. The maximum Gasteiger partial charge on any atom is 0.133 e. The first-order valence-electron chi connectivity index (χ1n) is 6.10. The Morgan fingerprint density at radius 2 is 2.07 bits per heavy atom. The minimum atomic E-state index is 0.231. The molecular formula is C14H24O. The number of allylic oxidation sites excluding steroid dienone is 4. The molecule has 1 aliphatic rings. The van der Waals surface area contributed by atoms with E-state index in [0.717, 1.165) is 25.7 Å². The van der Waals surface area contributed by atoms with Gasteiger partial charge in [-0.25, -0.2) is 0 Å². The second-order valence-corrected chi connectivity index (χ2v) is 3.68. The Labute approximate surface area is 94.3 Å². The van der Waals surface area contributed by atoms with Crippen LogP contribution >= 0.6 is 0 Å². The van der Waals surface area contributed by atoms with Crippen LogP contribution in [0.2, 0.25) is 0 Å². The van der Waals surface area contributed by atoms with Crippen LogP contribution in [0.15, 0.2) is 23.8 Å². The highest BCUT2D eigenvalue weighted by Crippen LogP contribution is 2.20. The maximum atomic E-state index is 11.2. The van der Waals surface area contributed by atoms with Crippen molar-refractivity contribution in [1.29, 1.82) is 0 Å². The van der Waals surface area contributed by atoms with E-state index < -0.39 is 0 Å². The van der Waals surface area contributed by atoms with Gasteiger partial charge in [-0.3, -0.25) is 4.79 Å². The highest BCUT2D eigenvalue weighted by Gasteiger charge is 2.13. The summed E-state index contributed by atoms with van der Waals surface area (Å²) in [4.78, 5) is 11.2. The molecule has 1 aliphatic carbocycles. The fraction of sp³-hybridized carbons (Fsp3) is 0.643. The molecular weight excluding hydrogens is 184 g/mol. The molecule has 1 nitrogen and oxygen atoms in total. The SMILES string of the molecule is CC.CCC(CC1=CCCC=C1)C(C)=O. The molecule has 0 fully saturated rings. The molecule has 0 aromatic rings. The van der Waals surface area contributed by atoms with Gasteiger partial charge in [0.1, 0.15) is 5.78 Å². The normalized spacial score (nSPS) is 16.1. The van der Waals surface area contributed by atoms with E-state index in [1.165, 1.54) is 5.57 Å². The van der Waals surface area contributed by atoms with E-state index in [4.69, 9.17) is 0 Å². The fourth-order valence-electron chi connectivity index (χ4n) is 1.68. The zero-order valence-corrected chi connectivity index (χ0v) is 10.5. The molecule has 0 aromatic heterocycles. The van der Waals surface area contributed by atoms with Crippen molar-refractivity contribution in [2.24, 2.45) is 5.92 Å². The van der Waals surface area contributed by atoms with E-state index >= 15 is 0 Å². The average Bonchev–Trinajstić information content (AvgIpc) is 2.29. The molecule has 1 rings (SSSR count). The molecule has 0 saturated carbocycles. The van der Waals surface area contributed by atoms with Crippen molar-refractivity contribution in [1.82, 2.24) is 0 Å². The molecule has 1 atom stereocenters. The van der Waals surface area contributed by atoms with Crippen LogP contribution < -0.4 is 0 Å². The van der Waals surface area contributed by atoms with E-state index in [2.05, 4.69) is 25.2 Å². The number of Topliss-reactive ketones (excluding diaryl/α,β-unsaturated/α-hetero) is 1. The number of carbonyl (C=O) groups is 1. The Hall–Kier alpha value is -0.850. The summed E-state index contributed by atoms with van der Waals surface area (Å²) in [6, 6.07) is 0. The summed E-state index contributed by atoms with van der Waals surface area (Å²) in [5, 5.41) is 0. The van der Waals surface area contributed by atoms with Crippen LogP contribution in [0.1, 0.15) is 53.4 Å². The first kappa shape index (κ1) is 14.2. The molecule has 0 saturated heterocycles. The second-order valence-electron chi connectivity index (χ2n) is 3.68. The Kier molecular flexibility index (Phi) is 7.98. The Morgan fingerprint density at radius 3 is 2.47 bits per heavy atom. The zero-order valence-electron chi connectivity index (χ0n) is 10.5. The molecule has 0 N–H and O–H groups in total. The molecule has 1 unspecified atom stereocenters. The standard InChI is InChI=1S/C12H18O.C2H6/c1-3-12(10(2)13)9-11-7-5-4-6-8-11;1-2/h5,7-8,12H,3-4,6,9H2,1-2H3;1-2H3. The summed E-state index contributed by atoms with van der Waals surface area (Å²) in [5.41, 5.74) is 1.34. The van der Waals surface area contributed by atoms with Gasteiger partial charge < -0.3 is 0 Å². The van der Waals surface area contributed by atoms with Gasteiger partial charge >= 0.3 is 0 Å². The molecule has 86 valence electrons. The van der Waals surface area contributed by atoms with Crippen molar-refractivity contribution in [2.75, 3.05) is 0 Å². The van der Waals surface area contributed by atoms with Crippen LogP contribution in [0.3, 0.4) is 0 Å². The molecule has 0 amide bonds. The van der Waals surface area contributed by atoms with Crippen LogP contribution in [0.5, 0.6) is 0 Å². The third-order valence-electron chi connectivity index (χ3n) is 2.62. The van der Waals surface area contributed by atoms with Crippen LogP contribution in [0, 0.1) is 5.92 Å². The van der Waals surface area contributed by atoms with Gasteiger partial charge in [0.25, 0.3) is 0 Å². The minimum Gasteiger partial charge on any atom is -0.300 e. The predicted octanol–water partition coefficient (Wildman–Crippen LogP) is 4.29. The smallest absolute Gasteiger partial charge is 0.133 e. The summed E-state index contributed by atoms with van der Waals surface area (Å²) < 4.78 is 0. The maximum absolute atomic E-state index is 11.2. The summed E-state index contributed by atoms with van der Waals surface area (Å²) in [7, 11) is 0. The fourth-order valence-corrected chi connectivity index (χ4v) is 1.68. The number of hydrogen-bond donors (Lipinski definition) is 0. The lowest BCUT2D eigenvalue weighted by atomic mass is 9.91. The summed E-state index contributed by atoms with van der Waals surface area (Å²) in [5.74, 6) is 0.552. The molecule has 15 heavy (non-hydrogen) atoms. The average molecular weight is 208 g/mol. The molecule has 0 aliphatic heterocycles. The zero-order chi connectivity index (χ0) is 11.7. The molecule has 0 heterocycles. The Morgan fingerprint density at radius 1 is 1.40 bits per heavy atom. The number of ketones is 1. The summed E-state index contributed by atoms with van der Waals surface area (Å²) >= 11 is 0. The van der Waals surface area contributed by atoms with E-state index in [9.17, 15) is 4.79 Å². The van der Waals surface area contributed by atoms with Gasteiger partial charge in [-0.1, -0.05) is 44.6 Å². The second kappa shape index (κ2) is 8.46. The molecule has 0 spiro atoms. The largest absolute Gasteiger partial charge is 0.300 e. The van der Waals surface area contributed by atoms with Crippen LogP contribution in [0.25, 0.3) is 0 Å². The lowest BCUT2D eigenvalue weighted by molar-refractivity contribution is -0.120.